The fraction of sp³-hybridized carbons (Fsp3) is 0.571. The van der Waals surface area contributed by atoms with E-state index in [1.165, 1.54) is 0 Å². The van der Waals surface area contributed by atoms with Gasteiger partial charge in [0.1, 0.15) is 11.5 Å². The van der Waals surface area contributed by atoms with Gasteiger partial charge in [0.05, 0.1) is 19.8 Å². The topological polar surface area (TPSA) is 38.7 Å². The van der Waals surface area contributed by atoms with Gasteiger partial charge in [0.2, 0.25) is 0 Å². The van der Waals surface area contributed by atoms with Gasteiger partial charge in [0.15, 0.2) is 0 Å². The predicted octanol–water partition coefficient (Wildman–Crippen LogP) is 2.63. The number of hydrogen-bond acceptors (Lipinski definition) is 3. The Morgan fingerprint density at radius 1 is 1.24 bits per heavy atom. The smallest absolute Gasteiger partial charge is 0.119 e. The van der Waals surface area contributed by atoms with Crippen molar-refractivity contribution in [1.29, 1.82) is 0 Å². The molecule has 2 rings (SSSR count). The molecule has 0 amide bonds. The molecule has 0 aromatic heterocycles. The van der Waals surface area contributed by atoms with Gasteiger partial charge in [-0.1, -0.05) is 0 Å². The summed E-state index contributed by atoms with van der Waals surface area (Å²) in [7, 11) is 1.65. The third kappa shape index (κ3) is 2.91. The van der Waals surface area contributed by atoms with Crippen molar-refractivity contribution in [2.75, 3.05) is 13.7 Å². The van der Waals surface area contributed by atoms with Crippen LogP contribution in [-0.4, -0.2) is 24.9 Å². The predicted molar refractivity (Wildman–Crippen MR) is 66.5 cm³/mol. The van der Waals surface area contributed by atoms with E-state index in [0.29, 0.717) is 6.61 Å². The third-order valence-electron chi connectivity index (χ3n) is 3.71. The Hall–Kier alpha value is -1.22. The number of aliphatic hydroxyl groups excluding tert-OH is 1. The molecular formula is C14H20O3. The van der Waals surface area contributed by atoms with E-state index in [9.17, 15) is 5.11 Å². The van der Waals surface area contributed by atoms with E-state index in [1.54, 1.807) is 7.11 Å². The molecule has 1 N–H and O–H groups in total. The summed E-state index contributed by atoms with van der Waals surface area (Å²) in [5, 5.41) is 9.64. The molecule has 1 aliphatic rings. The van der Waals surface area contributed by atoms with Crippen molar-refractivity contribution in [1.82, 2.24) is 0 Å². The molecule has 1 aromatic rings. The first kappa shape index (κ1) is 12.2. The van der Waals surface area contributed by atoms with Crippen LogP contribution in [0, 0.1) is 5.41 Å². The van der Waals surface area contributed by atoms with Crippen LogP contribution in [0.5, 0.6) is 11.5 Å². The Balaban J connectivity index is 1.78. The van der Waals surface area contributed by atoms with Crippen LogP contribution in [0.15, 0.2) is 24.3 Å². The van der Waals surface area contributed by atoms with Crippen molar-refractivity contribution in [3.8, 4) is 11.5 Å². The van der Waals surface area contributed by atoms with Gasteiger partial charge in [-0.25, -0.2) is 0 Å². The SMILES string of the molecule is COc1ccc(OCCC2(C(C)O)CC2)cc1. The molecule has 0 spiro atoms. The largest absolute Gasteiger partial charge is 0.497 e. The second kappa shape index (κ2) is 4.96. The third-order valence-corrected chi connectivity index (χ3v) is 3.71. The summed E-state index contributed by atoms with van der Waals surface area (Å²) in [4.78, 5) is 0. The molecule has 17 heavy (non-hydrogen) atoms. The van der Waals surface area contributed by atoms with Gasteiger partial charge in [0.25, 0.3) is 0 Å². The molecule has 0 bridgehead atoms. The highest BCUT2D eigenvalue weighted by molar-refractivity contribution is 5.31. The molecule has 0 radical (unpaired) electrons. The van der Waals surface area contributed by atoms with Crippen LogP contribution >= 0.6 is 0 Å². The van der Waals surface area contributed by atoms with Crippen molar-refractivity contribution in [2.45, 2.75) is 32.3 Å². The average Bonchev–Trinajstić information content (AvgIpc) is 3.11. The van der Waals surface area contributed by atoms with Gasteiger partial charge in [0, 0.05) is 0 Å². The Kier molecular flexibility index (Phi) is 3.57. The molecule has 3 nitrogen and oxygen atoms in total. The second-order valence-corrected chi connectivity index (χ2v) is 4.81. The van der Waals surface area contributed by atoms with Gasteiger partial charge in [-0.2, -0.15) is 0 Å². The maximum absolute atomic E-state index is 9.64. The van der Waals surface area contributed by atoms with Crippen molar-refractivity contribution < 1.29 is 14.6 Å². The molecule has 1 atom stereocenters. The summed E-state index contributed by atoms with van der Waals surface area (Å²) >= 11 is 0. The minimum Gasteiger partial charge on any atom is -0.497 e. The number of ether oxygens (including phenoxy) is 2. The summed E-state index contributed by atoms with van der Waals surface area (Å²) < 4.78 is 10.7. The highest BCUT2D eigenvalue weighted by atomic mass is 16.5. The average molecular weight is 236 g/mol. The van der Waals surface area contributed by atoms with E-state index in [2.05, 4.69) is 0 Å². The monoisotopic (exact) mass is 236 g/mol. The molecule has 0 heterocycles. The number of benzene rings is 1. The second-order valence-electron chi connectivity index (χ2n) is 4.81. The van der Waals surface area contributed by atoms with Crippen molar-refractivity contribution in [3.63, 3.8) is 0 Å². The normalized spacial score (nSPS) is 18.5. The fourth-order valence-electron chi connectivity index (χ4n) is 2.08. The highest BCUT2D eigenvalue weighted by Crippen LogP contribution is 2.51. The van der Waals surface area contributed by atoms with Crippen LogP contribution < -0.4 is 9.47 Å². The lowest BCUT2D eigenvalue weighted by Gasteiger charge is -2.18. The first-order valence-corrected chi connectivity index (χ1v) is 6.11. The summed E-state index contributed by atoms with van der Waals surface area (Å²) in [5.74, 6) is 1.69. The first-order valence-electron chi connectivity index (χ1n) is 6.11. The molecule has 1 aliphatic carbocycles. The van der Waals surface area contributed by atoms with Crippen LogP contribution in [-0.2, 0) is 0 Å². The van der Waals surface area contributed by atoms with E-state index in [1.807, 2.05) is 31.2 Å². The van der Waals surface area contributed by atoms with Crippen molar-refractivity contribution >= 4 is 0 Å². The van der Waals surface area contributed by atoms with Crippen molar-refractivity contribution in [2.24, 2.45) is 5.41 Å². The lowest BCUT2D eigenvalue weighted by atomic mass is 9.97. The summed E-state index contributed by atoms with van der Waals surface area (Å²) in [6.45, 7) is 2.54. The molecule has 3 heteroatoms. The molecule has 1 fully saturated rings. The molecule has 1 saturated carbocycles. The van der Waals surface area contributed by atoms with Crippen LogP contribution in [0.3, 0.4) is 0 Å². The van der Waals surface area contributed by atoms with Crippen LogP contribution in [0.25, 0.3) is 0 Å². The molecule has 1 aromatic carbocycles. The highest BCUT2D eigenvalue weighted by Gasteiger charge is 2.46. The van der Waals surface area contributed by atoms with Crippen LogP contribution in [0.2, 0.25) is 0 Å². The van der Waals surface area contributed by atoms with Gasteiger partial charge in [-0.05, 0) is 55.9 Å². The lowest BCUT2D eigenvalue weighted by Crippen LogP contribution is -2.20. The number of hydrogen-bond donors (Lipinski definition) is 1. The van der Waals surface area contributed by atoms with Crippen LogP contribution in [0.4, 0.5) is 0 Å². The van der Waals surface area contributed by atoms with Crippen molar-refractivity contribution in [3.05, 3.63) is 24.3 Å². The zero-order valence-corrected chi connectivity index (χ0v) is 10.5. The molecule has 0 aliphatic heterocycles. The number of aliphatic hydroxyl groups is 1. The summed E-state index contributed by atoms with van der Waals surface area (Å²) in [6.07, 6.45) is 2.95. The zero-order valence-electron chi connectivity index (χ0n) is 10.5. The zero-order chi connectivity index (χ0) is 12.3. The lowest BCUT2D eigenvalue weighted by molar-refractivity contribution is 0.0925. The van der Waals surface area contributed by atoms with Gasteiger partial charge < -0.3 is 14.6 Å². The van der Waals surface area contributed by atoms with E-state index < -0.39 is 0 Å². The molecule has 0 saturated heterocycles. The molecule has 1 unspecified atom stereocenters. The van der Waals surface area contributed by atoms with E-state index >= 15 is 0 Å². The van der Waals surface area contributed by atoms with E-state index in [0.717, 1.165) is 30.8 Å². The Morgan fingerprint density at radius 3 is 2.29 bits per heavy atom. The van der Waals surface area contributed by atoms with Gasteiger partial charge in [-0.15, -0.1) is 0 Å². The molecule has 94 valence electrons. The fourth-order valence-corrected chi connectivity index (χ4v) is 2.08. The minimum absolute atomic E-state index is 0.131. The molecular weight excluding hydrogens is 216 g/mol. The maximum Gasteiger partial charge on any atom is 0.119 e. The Labute approximate surface area is 102 Å². The Bertz CT molecular complexity index is 352. The van der Waals surface area contributed by atoms with Gasteiger partial charge in [-0.3, -0.25) is 0 Å². The Morgan fingerprint density at radius 2 is 1.82 bits per heavy atom. The maximum atomic E-state index is 9.64. The number of methoxy groups -OCH3 is 1. The van der Waals surface area contributed by atoms with Crippen LogP contribution in [0.1, 0.15) is 26.2 Å². The van der Waals surface area contributed by atoms with Gasteiger partial charge >= 0.3 is 0 Å². The summed E-state index contributed by atoms with van der Waals surface area (Å²) in [5.41, 5.74) is 0.131. The minimum atomic E-state index is -0.220. The quantitative estimate of drug-likeness (QED) is 0.825. The summed E-state index contributed by atoms with van der Waals surface area (Å²) in [6, 6.07) is 7.58. The standard InChI is InChI=1S/C14H20O3/c1-11(15)14(7-8-14)9-10-17-13-5-3-12(16-2)4-6-13/h3-6,11,15H,7-10H2,1-2H3. The number of rotatable bonds is 6. The first-order chi connectivity index (χ1) is 8.16. The van der Waals surface area contributed by atoms with E-state index in [-0.39, 0.29) is 11.5 Å². The van der Waals surface area contributed by atoms with E-state index in [4.69, 9.17) is 9.47 Å².